The monoisotopic (exact) mass is 486 g/mol. The molecule has 1 N–H and O–H groups in total. The second kappa shape index (κ2) is 10.2. The molecule has 0 aliphatic carbocycles. The fourth-order valence-electron chi connectivity index (χ4n) is 4.18. The van der Waals surface area contributed by atoms with Crippen molar-refractivity contribution in [2.24, 2.45) is 0 Å². The van der Waals surface area contributed by atoms with Crippen molar-refractivity contribution in [1.82, 2.24) is 9.97 Å². The first-order valence-corrected chi connectivity index (χ1v) is 12.6. The number of hydrogen-bond acceptors (Lipinski definition) is 7. The molecule has 178 valence electrons. The lowest BCUT2D eigenvalue weighted by molar-refractivity contribution is -0.115. The average molecular weight is 487 g/mol. The minimum atomic E-state index is -0.419. The lowest BCUT2D eigenvalue weighted by Gasteiger charge is -2.20. The van der Waals surface area contributed by atoms with E-state index < -0.39 is 5.97 Å². The number of esters is 1. The van der Waals surface area contributed by atoms with E-state index in [1.165, 1.54) is 11.3 Å². The van der Waals surface area contributed by atoms with Gasteiger partial charge in [0.2, 0.25) is 5.91 Å². The molecule has 4 aromatic rings. The van der Waals surface area contributed by atoms with Crippen molar-refractivity contribution in [3.05, 3.63) is 81.8 Å². The molecule has 7 nitrogen and oxygen atoms in total. The molecule has 0 atom stereocenters. The minimum absolute atomic E-state index is 0.0427. The maximum absolute atomic E-state index is 13.1. The zero-order chi connectivity index (χ0) is 24.2. The van der Waals surface area contributed by atoms with Crippen LogP contribution in [0.4, 0.5) is 11.5 Å². The number of pyridine rings is 1. The highest BCUT2D eigenvalue weighted by atomic mass is 32.1. The van der Waals surface area contributed by atoms with Crippen molar-refractivity contribution >= 4 is 45.6 Å². The fourth-order valence-corrected chi connectivity index (χ4v) is 4.96. The zero-order valence-corrected chi connectivity index (χ0v) is 20.3. The smallest absolute Gasteiger partial charge is 0.342 e. The number of para-hydroxylation sites is 2. The van der Waals surface area contributed by atoms with Crippen LogP contribution in [0.3, 0.4) is 0 Å². The predicted octanol–water partition coefficient (Wildman–Crippen LogP) is 5.14. The number of aryl methyl sites for hydroxylation is 1. The van der Waals surface area contributed by atoms with Gasteiger partial charge in [0.1, 0.15) is 23.0 Å². The molecule has 3 heterocycles. The fraction of sp³-hybridized carbons (Fsp3) is 0.259. The Labute approximate surface area is 207 Å². The van der Waals surface area contributed by atoms with E-state index in [-0.39, 0.29) is 18.9 Å². The number of aromatic nitrogens is 2. The van der Waals surface area contributed by atoms with Gasteiger partial charge < -0.3 is 15.0 Å². The number of rotatable bonds is 7. The molecule has 35 heavy (non-hydrogen) atoms. The number of hydrogen-bond donors (Lipinski definition) is 1. The quantitative estimate of drug-likeness (QED) is 0.364. The van der Waals surface area contributed by atoms with E-state index in [0.717, 1.165) is 48.1 Å². The number of ether oxygens (including phenoxy) is 1. The maximum Gasteiger partial charge on any atom is 0.342 e. The molecule has 1 aliphatic rings. The third kappa shape index (κ3) is 5.33. The van der Waals surface area contributed by atoms with Crippen LogP contribution in [0.25, 0.3) is 10.9 Å². The maximum atomic E-state index is 13.1. The molecule has 0 saturated carbocycles. The molecule has 8 heteroatoms. The highest BCUT2D eigenvalue weighted by Gasteiger charge is 2.23. The van der Waals surface area contributed by atoms with Crippen molar-refractivity contribution in [2.75, 3.05) is 23.3 Å². The van der Waals surface area contributed by atoms with Gasteiger partial charge in [-0.2, -0.15) is 0 Å². The molecule has 5 rings (SSSR count). The Morgan fingerprint density at radius 1 is 1.06 bits per heavy atom. The van der Waals surface area contributed by atoms with E-state index in [1.807, 2.05) is 66.9 Å². The van der Waals surface area contributed by atoms with Gasteiger partial charge in [-0.1, -0.05) is 36.4 Å². The lowest BCUT2D eigenvalue weighted by atomic mass is 10.1. The summed E-state index contributed by atoms with van der Waals surface area (Å²) in [6, 6.07) is 17.3. The van der Waals surface area contributed by atoms with Gasteiger partial charge in [-0.25, -0.2) is 14.8 Å². The van der Waals surface area contributed by atoms with Crippen LogP contribution in [0.5, 0.6) is 0 Å². The van der Waals surface area contributed by atoms with Crippen molar-refractivity contribution in [1.29, 1.82) is 0 Å². The summed E-state index contributed by atoms with van der Waals surface area (Å²) in [5.74, 6) is 0.129. The SMILES string of the molecule is Cc1ccccc1NC(=O)Cc1nc(COC(=O)c2cc3ccccc3nc2N2CCCC2)cs1. The summed E-state index contributed by atoms with van der Waals surface area (Å²) in [4.78, 5) is 36.9. The first kappa shape index (κ1) is 23.0. The van der Waals surface area contributed by atoms with E-state index in [2.05, 4.69) is 15.2 Å². The first-order valence-electron chi connectivity index (χ1n) is 11.7. The zero-order valence-electron chi connectivity index (χ0n) is 19.5. The Balaban J connectivity index is 1.25. The number of nitrogens with zero attached hydrogens (tertiary/aromatic N) is 3. The number of carbonyl (C=O) groups excluding carboxylic acids is 2. The largest absolute Gasteiger partial charge is 0.455 e. The van der Waals surface area contributed by atoms with Crippen LogP contribution < -0.4 is 10.2 Å². The van der Waals surface area contributed by atoms with E-state index in [0.29, 0.717) is 22.1 Å². The van der Waals surface area contributed by atoms with Gasteiger partial charge in [0, 0.05) is 29.5 Å². The summed E-state index contributed by atoms with van der Waals surface area (Å²) >= 11 is 1.38. The van der Waals surface area contributed by atoms with Gasteiger partial charge >= 0.3 is 5.97 Å². The summed E-state index contributed by atoms with van der Waals surface area (Å²) < 4.78 is 5.63. The lowest BCUT2D eigenvalue weighted by Crippen LogP contribution is -2.23. The van der Waals surface area contributed by atoms with Crippen molar-refractivity contribution in [3.8, 4) is 0 Å². The van der Waals surface area contributed by atoms with Crippen LogP contribution in [0, 0.1) is 6.92 Å². The van der Waals surface area contributed by atoms with Crippen LogP contribution in [0.15, 0.2) is 60.0 Å². The molecule has 1 aliphatic heterocycles. The molecular formula is C27H26N4O3S. The van der Waals surface area contributed by atoms with E-state index in [4.69, 9.17) is 9.72 Å². The third-order valence-corrected chi connectivity index (χ3v) is 6.91. The van der Waals surface area contributed by atoms with Gasteiger partial charge in [-0.15, -0.1) is 11.3 Å². The van der Waals surface area contributed by atoms with Crippen LogP contribution >= 0.6 is 11.3 Å². The number of carbonyl (C=O) groups is 2. The summed E-state index contributed by atoms with van der Waals surface area (Å²) in [5, 5.41) is 6.32. The average Bonchev–Trinajstić information content (AvgIpc) is 3.56. The van der Waals surface area contributed by atoms with Crippen LogP contribution in [-0.2, 0) is 22.6 Å². The first-order chi connectivity index (χ1) is 17.1. The molecule has 1 fully saturated rings. The van der Waals surface area contributed by atoms with Gasteiger partial charge in [0.25, 0.3) is 0 Å². The highest BCUT2D eigenvalue weighted by molar-refractivity contribution is 7.09. The van der Waals surface area contributed by atoms with Gasteiger partial charge in [-0.3, -0.25) is 4.79 Å². The highest BCUT2D eigenvalue weighted by Crippen LogP contribution is 2.27. The summed E-state index contributed by atoms with van der Waals surface area (Å²) in [7, 11) is 0. The Kier molecular flexibility index (Phi) is 6.72. The van der Waals surface area contributed by atoms with Gasteiger partial charge in [0.15, 0.2) is 0 Å². The summed E-state index contributed by atoms with van der Waals surface area (Å²) in [6.07, 6.45) is 2.34. The molecular weight excluding hydrogens is 460 g/mol. The van der Waals surface area contributed by atoms with E-state index in [1.54, 1.807) is 0 Å². The van der Waals surface area contributed by atoms with E-state index in [9.17, 15) is 9.59 Å². The summed E-state index contributed by atoms with van der Waals surface area (Å²) in [5.41, 5.74) is 3.75. The van der Waals surface area contributed by atoms with Gasteiger partial charge in [-0.05, 0) is 43.5 Å². The molecule has 1 amide bonds. The molecule has 0 unspecified atom stereocenters. The minimum Gasteiger partial charge on any atom is -0.455 e. The Bertz CT molecular complexity index is 1380. The Hall–Kier alpha value is -3.78. The topological polar surface area (TPSA) is 84.4 Å². The van der Waals surface area contributed by atoms with Crippen LogP contribution in [0.2, 0.25) is 0 Å². The number of benzene rings is 2. The standard InChI is InChI=1S/C27H26N4O3S/c1-18-8-2-4-10-22(18)29-24(32)15-25-28-20(17-35-25)16-34-27(33)21-14-19-9-3-5-11-23(19)30-26(21)31-12-6-7-13-31/h2-5,8-11,14,17H,6-7,12-13,15-16H2,1H3,(H,29,32). The van der Waals surface area contributed by atoms with Crippen LogP contribution in [-0.4, -0.2) is 34.9 Å². The number of fused-ring (bicyclic) bond motifs is 1. The molecule has 1 saturated heterocycles. The third-order valence-electron chi connectivity index (χ3n) is 6.01. The van der Waals surface area contributed by atoms with Crippen molar-refractivity contribution < 1.29 is 14.3 Å². The molecule has 2 aromatic heterocycles. The van der Waals surface area contributed by atoms with E-state index >= 15 is 0 Å². The molecule has 0 radical (unpaired) electrons. The molecule has 2 aromatic carbocycles. The predicted molar refractivity (Wildman–Crippen MR) is 138 cm³/mol. The second-order valence-electron chi connectivity index (χ2n) is 8.59. The molecule has 0 bridgehead atoms. The number of amides is 1. The Morgan fingerprint density at radius 2 is 1.83 bits per heavy atom. The van der Waals surface area contributed by atoms with Crippen LogP contribution in [0.1, 0.15) is 39.5 Å². The van der Waals surface area contributed by atoms with Crippen molar-refractivity contribution in [2.45, 2.75) is 32.8 Å². The number of nitrogens with one attached hydrogen (secondary N) is 1. The van der Waals surface area contributed by atoms with Gasteiger partial charge in [0.05, 0.1) is 17.6 Å². The Morgan fingerprint density at radius 3 is 2.66 bits per heavy atom. The normalized spacial score (nSPS) is 13.2. The molecule has 0 spiro atoms. The number of anilines is 2. The van der Waals surface area contributed by atoms with Crippen molar-refractivity contribution in [3.63, 3.8) is 0 Å². The number of thiazole rings is 1. The summed E-state index contributed by atoms with van der Waals surface area (Å²) in [6.45, 7) is 3.75. The second-order valence-corrected chi connectivity index (χ2v) is 9.54.